The van der Waals surface area contributed by atoms with Crippen LogP contribution >= 0.6 is 23.2 Å². The van der Waals surface area contributed by atoms with Gasteiger partial charge in [0.15, 0.2) is 5.76 Å². The van der Waals surface area contributed by atoms with Gasteiger partial charge in [0.1, 0.15) is 12.2 Å². The number of ketones is 1. The van der Waals surface area contributed by atoms with Gasteiger partial charge in [0, 0.05) is 18.7 Å². The van der Waals surface area contributed by atoms with Gasteiger partial charge in [0.05, 0.1) is 27.0 Å². The molecule has 0 amide bonds. The Bertz CT molecular complexity index is 1040. The first-order chi connectivity index (χ1) is 12.8. The molecule has 0 aliphatic heterocycles. The van der Waals surface area contributed by atoms with E-state index in [0.717, 1.165) is 0 Å². The lowest BCUT2D eigenvalue weighted by molar-refractivity contribution is 0.103. The molecule has 0 spiro atoms. The standard InChI is InChI=1S/C19H17Cl2N3O3/c1-5-8-26-19-15(11(3)22-24(19)4)18(25)12-6-7-13(20)16(17(12)21)14-9-10(2)23-27-14/h5-7,9H,1,8H2,2-4H3. The first-order valence-corrected chi connectivity index (χ1v) is 8.84. The Morgan fingerprint density at radius 1 is 1.37 bits per heavy atom. The average Bonchev–Trinajstić information content (AvgIpc) is 3.15. The summed E-state index contributed by atoms with van der Waals surface area (Å²) in [6.07, 6.45) is 1.59. The molecule has 1 aromatic carbocycles. The second-order valence-electron chi connectivity index (χ2n) is 5.93. The number of hydrogen-bond acceptors (Lipinski definition) is 5. The minimum atomic E-state index is -0.321. The Labute approximate surface area is 166 Å². The van der Waals surface area contributed by atoms with Crippen molar-refractivity contribution in [3.63, 3.8) is 0 Å². The number of rotatable bonds is 6. The number of halogens is 2. The van der Waals surface area contributed by atoms with E-state index in [2.05, 4.69) is 16.8 Å². The van der Waals surface area contributed by atoms with E-state index in [1.165, 1.54) is 4.68 Å². The minimum absolute atomic E-state index is 0.182. The van der Waals surface area contributed by atoms with Crippen molar-refractivity contribution in [2.45, 2.75) is 13.8 Å². The number of carbonyl (C=O) groups is 1. The normalized spacial score (nSPS) is 10.9. The third-order valence-corrected chi connectivity index (χ3v) is 4.65. The number of nitrogens with zero attached hydrogens (tertiary/aromatic N) is 3. The van der Waals surface area contributed by atoms with Gasteiger partial charge in [-0.2, -0.15) is 5.10 Å². The average molecular weight is 406 g/mol. The highest BCUT2D eigenvalue weighted by Crippen LogP contribution is 2.39. The van der Waals surface area contributed by atoms with Crippen LogP contribution < -0.4 is 4.74 Å². The quantitative estimate of drug-likeness (QED) is 0.435. The van der Waals surface area contributed by atoms with E-state index in [1.807, 2.05) is 0 Å². The first kappa shape index (κ1) is 19.2. The summed E-state index contributed by atoms with van der Waals surface area (Å²) in [6, 6.07) is 4.88. The molecule has 0 fully saturated rings. The van der Waals surface area contributed by atoms with E-state index in [4.69, 9.17) is 32.5 Å². The Morgan fingerprint density at radius 2 is 2.11 bits per heavy atom. The van der Waals surface area contributed by atoms with Gasteiger partial charge in [0.25, 0.3) is 0 Å². The highest BCUT2D eigenvalue weighted by atomic mass is 35.5. The van der Waals surface area contributed by atoms with Crippen LogP contribution in [0.25, 0.3) is 11.3 Å². The van der Waals surface area contributed by atoms with E-state index >= 15 is 0 Å². The largest absolute Gasteiger partial charge is 0.473 e. The maximum atomic E-state index is 13.3. The van der Waals surface area contributed by atoms with Crippen molar-refractivity contribution in [1.82, 2.24) is 14.9 Å². The Hall–Kier alpha value is -2.57. The Balaban J connectivity index is 2.13. The van der Waals surface area contributed by atoms with Gasteiger partial charge < -0.3 is 9.26 Å². The van der Waals surface area contributed by atoms with Gasteiger partial charge in [-0.3, -0.25) is 4.79 Å². The maximum Gasteiger partial charge on any atom is 0.223 e. The highest BCUT2D eigenvalue weighted by molar-refractivity contribution is 6.41. The predicted octanol–water partition coefficient (Wildman–Crippen LogP) is 4.79. The SMILES string of the molecule is C=CCOc1c(C(=O)c2ccc(Cl)c(-c3cc(C)no3)c2Cl)c(C)nn1C. The molecule has 2 heterocycles. The molecule has 3 aromatic rings. The second-order valence-corrected chi connectivity index (χ2v) is 6.72. The zero-order valence-electron chi connectivity index (χ0n) is 15.0. The summed E-state index contributed by atoms with van der Waals surface area (Å²) in [5.74, 6) is 0.419. The Morgan fingerprint density at radius 3 is 2.74 bits per heavy atom. The van der Waals surface area contributed by atoms with Crippen molar-refractivity contribution in [3.05, 3.63) is 63.4 Å². The fourth-order valence-electron chi connectivity index (χ4n) is 2.77. The van der Waals surface area contributed by atoms with Gasteiger partial charge in [-0.15, -0.1) is 0 Å². The van der Waals surface area contributed by atoms with Gasteiger partial charge >= 0.3 is 0 Å². The Kier molecular flexibility index (Phi) is 5.39. The lowest BCUT2D eigenvalue weighted by atomic mass is 10.00. The third-order valence-electron chi connectivity index (χ3n) is 3.94. The fraction of sp³-hybridized carbons (Fsp3) is 0.211. The lowest BCUT2D eigenvalue weighted by Gasteiger charge is -2.10. The topological polar surface area (TPSA) is 70.2 Å². The molecule has 0 aliphatic rings. The minimum Gasteiger partial charge on any atom is -0.473 e. The molecule has 140 valence electrons. The van der Waals surface area contributed by atoms with Crippen molar-refractivity contribution in [1.29, 1.82) is 0 Å². The van der Waals surface area contributed by atoms with Crippen LogP contribution in [0.4, 0.5) is 0 Å². The van der Waals surface area contributed by atoms with Crippen molar-refractivity contribution < 1.29 is 14.1 Å². The monoisotopic (exact) mass is 405 g/mol. The lowest BCUT2D eigenvalue weighted by Crippen LogP contribution is -2.08. The zero-order chi connectivity index (χ0) is 19.7. The summed E-state index contributed by atoms with van der Waals surface area (Å²) in [6.45, 7) is 7.39. The maximum absolute atomic E-state index is 13.3. The van der Waals surface area contributed by atoms with E-state index < -0.39 is 0 Å². The van der Waals surface area contributed by atoms with Gasteiger partial charge in [-0.1, -0.05) is 41.0 Å². The smallest absolute Gasteiger partial charge is 0.223 e. The molecule has 0 N–H and O–H groups in total. The molecule has 0 saturated heterocycles. The van der Waals surface area contributed by atoms with Gasteiger partial charge in [-0.25, -0.2) is 4.68 Å². The third kappa shape index (κ3) is 3.50. The molecule has 0 bridgehead atoms. The number of carbonyl (C=O) groups excluding carboxylic acids is 1. The van der Waals surface area contributed by atoms with Crippen molar-refractivity contribution >= 4 is 29.0 Å². The molecule has 2 aromatic heterocycles. The number of ether oxygens (including phenoxy) is 1. The van der Waals surface area contributed by atoms with Crippen LogP contribution in [-0.4, -0.2) is 27.3 Å². The fourth-order valence-corrected chi connectivity index (χ4v) is 3.41. The summed E-state index contributed by atoms with van der Waals surface area (Å²) in [5, 5.41) is 8.68. The molecule has 0 saturated carbocycles. The van der Waals surface area contributed by atoms with E-state index in [1.54, 1.807) is 45.2 Å². The van der Waals surface area contributed by atoms with Gasteiger partial charge in [0.2, 0.25) is 11.7 Å². The molecule has 27 heavy (non-hydrogen) atoms. The molecule has 3 rings (SSSR count). The summed E-state index contributed by atoms with van der Waals surface area (Å²) in [4.78, 5) is 13.3. The molecule has 0 atom stereocenters. The summed E-state index contributed by atoms with van der Waals surface area (Å²) >= 11 is 12.8. The van der Waals surface area contributed by atoms with Crippen LogP contribution in [0.1, 0.15) is 27.3 Å². The number of hydrogen-bond donors (Lipinski definition) is 0. The van der Waals surface area contributed by atoms with Gasteiger partial charge in [-0.05, 0) is 26.0 Å². The zero-order valence-corrected chi connectivity index (χ0v) is 16.6. The predicted molar refractivity (Wildman–Crippen MR) is 104 cm³/mol. The van der Waals surface area contributed by atoms with Crippen LogP contribution in [0.3, 0.4) is 0 Å². The van der Waals surface area contributed by atoms with E-state index in [-0.39, 0.29) is 23.0 Å². The molecule has 0 radical (unpaired) electrons. The second kappa shape index (κ2) is 7.58. The van der Waals surface area contributed by atoms with Crippen LogP contribution in [-0.2, 0) is 7.05 Å². The first-order valence-electron chi connectivity index (χ1n) is 8.08. The number of aryl methyl sites for hydroxylation is 3. The van der Waals surface area contributed by atoms with Crippen molar-refractivity contribution in [2.24, 2.45) is 7.05 Å². The number of benzene rings is 1. The molecule has 8 heteroatoms. The molecule has 6 nitrogen and oxygen atoms in total. The van der Waals surface area contributed by atoms with E-state index in [9.17, 15) is 4.79 Å². The van der Waals surface area contributed by atoms with Crippen LogP contribution in [0, 0.1) is 13.8 Å². The van der Waals surface area contributed by atoms with Crippen molar-refractivity contribution in [2.75, 3.05) is 6.61 Å². The van der Waals surface area contributed by atoms with E-state index in [0.29, 0.717) is 39.2 Å². The van der Waals surface area contributed by atoms with Crippen LogP contribution in [0.2, 0.25) is 10.0 Å². The van der Waals surface area contributed by atoms with Crippen molar-refractivity contribution in [3.8, 4) is 17.2 Å². The summed E-state index contributed by atoms with van der Waals surface area (Å²) in [5.41, 5.74) is 2.23. The molecule has 0 aliphatic carbocycles. The summed E-state index contributed by atoms with van der Waals surface area (Å²) in [7, 11) is 1.70. The molecular weight excluding hydrogens is 389 g/mol. The summed E-state index contributed by atoms with van der Waals surface area (Å²) < 4.78 is 12.4. The highest BCUT2D eigenvalue weighted by Gasteiger charge is 2.27. The molecule has 0 unspecified atom stereocenters. The van der Waals surface area contributed by atoms with Crippen LogP contribution in [0.15, 0.2) is 35.4 Å². The molecular formula is C19H17Cl2N3O3. The number of aromatic nitrogens is 3. The van der Waals surface area contributed by atoms with Crippen LogP contribution in [0.5, 0.6) is 5.88 Å².